The second-order valence-electron chi connectivity index (χ2n) is 5.50. The van der Waals surface area contributed by atoms with E-state index in [1.165, 1.54) is 6.20 Å². The second-order valence-corrected chi connectivity index (χ2v) is 5.50. The minimum absolute atomic E-state index is 0.179. The molecule has 0 saturated heterocycles. The van der Waals surface area contributed by atoms with E-state index in [0.717, 1.165) is 25.7 Å². The van der Waals surface area contributed by atoms with Gasteiger partial charge in [-0.3, -0.25) is 4.79 Å². The van der Waals surface area contributed by atoms with Crippen molar-refractivity contribution in [3.8, 4) is 0 Å². The summed E-state index contributed by atoms with van der Waals surface area (Å²) in [4.78, 5) is 15.8. The maximum atomic E-state index is 11.9. The highest BCUT2D eigenvalue weighted by atomic mass is 16.3. The van der Waals surface area contributed by atoms with E-state index in [1.807, 2.05) is 0 Å². The molecule has 1 amide bonds. The summed E-state index contributed by atoms with van der Waals surface area (Å²) in [6.07, 6.45) is 6.84. The number of carbonyl (C=O) groups is 1. The summed E-state index contributed by atoms with van der Waals surface area (Å²) < 4.78 is 1.67. The number of carbonyl (C=O) groups excluding carboxylic acids is 1. The first kappa shape index (κ1) is 13.1. The quantitative estimate of drug-likeness (QED) is 0.845. The van der Waals surface area contributed by atoms with Gasteiger partial charge in [0.15, 0.2) is 0 Å². The molecule has 1 saturated carbocycles. The Balaban J connectivity index is 1.91. The highest BCUT2D eigenvalue weighted by Crippen LogP contribution is 2.31. The number of nitrogens with one attached hydrogen (secondary N) is 1. The van der Waals surface area contributed by atoms with Crippen molar-refractivity contribution in [1.82, 2.24) is 14.9 Å². The van der Waals surface area contributed by atoms with Crippen LogP contribution in [0.4, 0.5) is 0 Å². The minimum Gasteiger partial charge on any atom is -0.388 e. The first-order valence-electron chi connectivity index (χ1n) is 6.47. The van der Waals surface area contributed by atoms with Gasteiger partial charge in [-0.05, 0) is 18.8 Å². The predicted molar refractivity (Wildman–Crippen MR) is 68.1 cm³/mol. The fourth-order valence-corrected chi connectivity index (χ4v) is 2.70. The number of imidazole rings is 1. The molecule has 0 aliphatic heterocycles. The molecule has 2 unspecified atom stereocenters. The molecule has 1 aromatic heterocycles. The molecule has 0 bridgehead atoms. The predicted octanol–water partition coefficient (Wildman–Crippen LogP) is 1.09. The van der Waals surface area contributed by atoms with Gasteiger partial charge in [0.05, 0.1) is 18.1 Å². The average Bonchev–Trinajstić information content (AvgIpc) is 2.72. The monoisotopic (exact) mass is 251 g/mol. The fourth-order valence-electron chi connectivity index (χ4n) is 2.70. The molecule has 2 N–H and O–H groups in total. The van der Waals surface area contributed by atoms with Crippen LogP contribution in [-0.2, 0) is 7.05 Å². The average molecular weight is 251 g/mol. The molecular formula is C13H21N3O2. The topological polar surface area (TPSA) is 67.2 Å². The normalized spacial score (nSPS) is 28.1. The SMILES string of the molecule is CC1CCCC(O)(CNC(=O)c2cncn2C)C1. The number of hydrogen-bond acceptors (Lipinski definition) is 3. The van der Waals surface area contributed by atoms with Crippen LogP contribution in [0.25, 0.3) is 0 Å². The Bertz CT molecular complexity index is 430. The lowest BCUT2D eigenvalue weighted by Gasteiger charge is -2.35. The van der Waals surface area contributed by atoms with Gasteiger partial charge in [0.25, 0.3) is 5.91 Å². The summed E-state index contributed by atoms with van der Waals surface area (Å²) in [7, 11) is 1.78. The van der Waals surface area contributed by atoms with Gasteiger partial charge in [-0.25, -0.2) is 4.98 Å². The van der Waals surface area contributed by atoms with Gasteiger partial charge in [-0.15, -0.1) is 0 Å². The molecule has 0 spiro atoms. The molecule has 5 heteroatoms. The fraction of sp³-hybridized carbons (Fsp3) is 0.692. The molecule has 2 rings (SSSR count). The van der Waals surface area contributed by atoms with Crippen molar-refractivity contribution in [3.05, 3.63) is 18.2 Å². The van der Waals surface area contributed by atoms with E-state index < -0.39 is 5.60 Å². The Morgan fingerprint density at radius 3 is 3.11 bits per heavy atom. The maximum absolute atomic E-state index is 11.9. The number of aromatic nitrogens is 2. The Labute approximate surface area is 107 Å². The first-order chi connectivity index (χ1) is 8.50. The van der Waals surface area contributed by atoms with Crippen molar-refractivity contribution in [2.75, 3.05) is 6.54 Å². The highest BCUT2D eigenvalue weighted by molar-refractivity contribution is 5.92. The maximum Gasteiger partial charge on any atom is 0.269 e. The van der Waals surface area contributed by atoms with Crippen molar-refractivity contribution >= 4 is 5.91 Å². The van der Waals surface area contributed by atoms with Gasteiger partial charge in [0, 0.05) is 13.6 Å². The van der Waals surface area contributed by atoms with Crippen LogP contribution in [0.15, 0.2) is 12.5 Å². The summed E-state index contributed by atoms with van der Waals surface area (Å²) in [6, 6.07) is 0. The molecule has 2 atom stereocenters. The molecule has 18 heavy (non-hydrogen) atoms. The van der Waals surface area contributed by atoms with E-state index in [1.54, 1.807) is 17.9 Å². The standard InChI is InChI=1S/C13H21N3O2/c1-10-4-3-5-13(18,6-10)8-15-12(17)11-7-14-9-16(11)2/h7,9-10,18H,3-6,8H2,1-2H3,(H,15,17). The van der Waals surface area contributed by atoms with E-state index in [2.05, 4.69) is 17.2 Å². The van der Waals surface area contributed by atoms with Crippen molar-refractivity contribution < 1.29 is 9.90 Å². The Kier molecular flexibility index (Phi) is 3.71. The molecular weight excluding hydrogens is 230 g/mol. The van der Waals surface area contributed by atoms with Crippen LogP contribution >= 0.6 is 0 Å². The van der Waals surface area contributed by atoms with Gasteiger partial charge in [0.2, 0.25) is 0 Å². The number of nitrogens with zero attached hydrogens (tertiary/aromatic N) is 2. The Hall–Kier alpha value is -1.36. The number of aryl methyl sites for hydroxylation is 1. The lowest BCUT2D eigenvalue weighted by atomic mass is 9.79. The third kappa shape index (κ3) is 2.90. The van der Waals surface area contributed by atoms with Gasteiger partial charge < -0.3 is 15.0 Å². The first-order valence-corrected chi connectivity index (χ1v) is 6.47. The van der Waals surface area contributed by atoms with E-state index >= 15 is 0 Å². The molecule has 0 radical (unpaired) electrons. The molecule has 0 aromatic carbocycles. The number of hydrogen-bond donors (Lipinski definition) is 2. The molecule has 1 heterocycles. The summed E-state index contributed by atoms with van der Waals surface area (Å²) in [6.45, 7) is 2.47. The molecule has 5 nitrogen and oxygen atoms in total. The highest BCUT2D eigenvalue weighted by Gasteiger charge is 2.33. The summed E-state index contributed by atoms with van der Waals surface area (Å²) in [5.74, 6) is 0.346. The van der Waals surface area contributed by atoms with Crippen LogP contribution < -0.4 is 5.32 Å². The van der Waals surface area contributed by atoms with Gasteiger partial charge in [0.1, 0.15) is 5.69 Å². The lowest BCUT2D eigenvalue weighted by Crippen LogP contribution is -2.46. The largest absolute Gasteiger partial charge is 0.388 e. The summed E-state index contributed by atoms with van der Waals surface area (Å²) >= 11 is 0. The zero-order valence-electron chi connectivity index (χ0n) is 11.0. The van der Waals surface area contributed by atoms with E-state index in [9.17, 15) is 9.90 Å². The van der Waals surface area contributed by atoms with Crippen molar-refractivity contribution in [2.45, 2.75) is 38.2 Å². The van der Waals surface area contributed by atoms with E-state index in [-0.39, 0.29) is 5.91 Å². The zero-order valence-corrected chi connectivity index (χ0v) is 11.0. The third-order valence-electron chi connectivity index (χ3n) is 3.69. The van der Waals surface area contributed by atoms with Crippen molar-refractivity contribution in [3.63, 3.8) is 0 Å². The molecule has 1 aliphatic carbocycles. The summed E-state index contributed by atoms with van der Waals surface area (Å²) in [5, 5.41) is 13.2. The van der Waals surface area contributed by atoms with Crippen LogP contribution in [0.1, 0.15) is 43.1 Å². The van der Waals surface area contributed by atoms with Crippen LogP contribution in [0, 0.1) is 5.92 Å². The van der Waals surface area contributed by atoms with Crippen LogP contribution in [0.3, 0.4) is 0 Å². The van der Waals surface area contributed by atoms with E-state index in [4.69, 9.17) is 0 Å². The molecule has 100 valence electrons. The smallest absolute Gasteiger partial charge is 0.269 e. The van der Waals surface area contributed by atoms with Gasteiger partial charge in [-0.1, -0.05) is 19.8 Å². The van der Waals surface area contributed by atoms with Crippen molar-refractivity contribution in [1.29, 1.82) is 0 Å². The summed E-state index contributed by atoms with van der Waals surface area (Å²) in [5.41, 5.74) is -0.228. The van der Waals surface area contributed by atoms with Gasteiger partial charge in [-0.2, -0.15) is 0 Å². The third-order valence-corrected chi connectivity index (χ3v) is 3.69. The number of amides is 1. The zero-order chi connectivity index (χ0) is 13.2. The molecule has 1 aromatic rings. The van der Waals surface area contributed by atoms with Gasteiger partial charge >= 0.3 is 0 Å². The Morgan fingerprint density at radius 2 is 2.50 bits per heavy atom. The van der Waals surface area contributed by atoms with Crippen LogP contribution in [-0.4, -0.2) is 32.7 Å². The molecule has 1 fully saturated rings. The van der Waals surface area contributed by atoms with Crippen LogP contribution in [0.2, 0.25) is 0 Å². The Morgan fingerprint density at radius 1 is 1.72 bits per heavy atom. The number of rotatable bonds is 3. The lowest BCUT2D eigenvalue weighted by molar-refractivity contribution is -0.0110. The van der Waals surface area contributed by atoms with Crippen molar-refractivity contribution in [2.24, 2.45) is 13.0 Å². The van der Waals surface area contributed by atoms with E-state index in [0.29, 0.717) is 18.2 Å². The van der Waals surface area contributed by atoms with Crippen LogP contribution in [0.5, 0.6) is 0 Å². The molecule has 1 aliphatic rings. The second kappa shape index (κ2) is 5.10. The number of aliphatic hydroxyl groups is 1. The minimum atomic E-state index is -0.744.